The largest absolute Gasteiger partial charge is 0.470 e. The van der Waals surface area contributed by atoms with Crippen LogP contribution >= 0.6 is 0 Å². The van der Waals surface area contributed by atoms with E-state index < -0.39 is 42.5 Å². The molecule has 1 aliphatic heterocycles. The summed E-state index contributed by atoms with van der Waals surface area (Å²) in [7, 11) is -1.16. The second kappa shape index (κ2) is 5.60. The third-order valence-corrected chi connectivity index (χ3v) is 4.12. The number of halogens is 2. The summed E-state index contributed by atoms with van der Waals surface area (Å²) in [6.07, 6.45) is -3.21. The zero-order chi connectivity index (χ0) is 15.8. The van der Waals surface area contributed by atoms with Crippen molar-refractivity contribution in [3.05, 3.63) is 0 Å². The standard InChI is InChI=1S/C13H23BF2O4/c1-7-18-9(17)8-13(6,10(15)16)14-19-11(2,3)12(4,5)20-14/h10H,7-8H2,1-6H3. The van der Waals surface area contributed by atoms with Gasteiger partial charge in [-0.15, -0.1) is 0 Å². The molecule has 0 amide bonds. The Hall–Kier alpha value is -0.685. The van der Waals surface area contributed by atoms with Crippen LogP contribution in [0.25, 0.3) is 0 Å². The van der Waals surface area contributed by atoms with Gasteiger partial charge in [0, 0.05) is 0 Å². The summed E-state index contributed by atoms with van der Waals surface area (Å²) < 4.78 is 43.0. The fourth-order valence-corrected chi connectivity index (χ4v) is 1.90. The summed E-state index contributed by atoms with van der Waals surface area (Å²) in [5, 5.41) is -1.74. The molecular weight excluding hydrogens is 269 g/mol. The number of alkyl halides is 2. The SMILES string of the molecule is CCOC(=O)CC(C)(B1OC(C)(C)C(C)(C)O1)C(F)F. The number of ether oxygens (including phenoxy) is 1. The highest BCUT2D eigenvalue weighted by Gasteiger charge is 2.61. The van der Waals surface area contributed by atoms with E-state index in [-0.39, 0.29) is 6.61 Å². The maximum absolute atomic E-state index is 13.5. The van der Waals surface area contributed by atoms with E-state index in [1.165, 1.54) is 6.92 Å². The van der Waals surface area contributed by atoms with Crippen molar-refractivity contribution in [3.63, 3.8) is 0 Å². The van der Waals surface area contributed by atoms with Crippen LogP contribution in [0.2, 0.25) is 5.31 Å². The molecule has 0 saturated carbocycles. The Kier molecular flexibility index (Phi) is 4.86. The van der Waals surface area contributed by atoms with Gasteiger partial charge in [-0.25, -0.2) is 8.78 Å². The minimum Gasteiger partial charge on any atom is -0.466 e. The van der Waals surface area contributed by atoms with Crippen molar-refractivity contribution in [3.8, 4) is 0 Å². The van der Waals surface area contributed by atoms with Crippen LogP contribution in [-0.2, 0) is 18.8 Å². The average molecular weight is 292 g/mol. The molecule has 1 heterocycles. The molecule has 1 fully saturated rings. The first-order valence-corrected chi connectivity index (χ1v) is 6.75. The van der Waals surface area contributed by atoms with Gasteiger partial charge >= 0.3 is 13.1 Å². The Bertz CT molecular complexity index is 357. The summed E-state index contributed by atoms with van der Waals surface area (Å²) in [6, 6.07) is 0. The van der Waals surface area contributed by atoms with Crippen molar-refractivity contribution in [1.29, 1.82) is 0 Å². The van der Waals surface area contributed by atoms with Gasteiger partial charge in [0.05, 0.1) is 29.5 Å². The Morgan fingerprint density at radius 3 is 2.05 bits per heavy atom. The number of rotatable bonds is 5. The summed E-state index contributed by atoms with van der Waals surface area (Å²) in [6.45, 7) is 10.2. The highest BCUT2D eigenvalue weighted by Crippen LogP contribution is 2.49. The summed E-state index contributed by atoms with van der Waals surface area (Å²) in [4.78, 5) is 11.6. The molecule has 0 aliphatic carbocycles. The van der Waals surface area contributed by atoms with Crippen LogP contribution in [0.15, 0.2) is 0 Å². The van der Waals surface area contributed by atoms with Crippen LogP contribution in [0, 0.1) is 0 Å². The minimum atomic E-state index is -2.76. The van der Waals surface area contributed by atoms with E-state index in [0.717, 1.165) is 0 Å². The molecule has 0 radical (unpaired) electrons. The van der Waals surface area contributed by atoms with Gasteiger partial charge in [-0.3, -0.25) is 4.79 Å². The molecular formula is C13H23BF2O4. The van der Waals surface area contributed by atoms with Crippen molar-refractivity contribution >= 4 is 13.1 Å². The molecule has 0 N–H and O–H groups in total. The molecule has 0 spiro atoms. The second-order valence-electron chi connectivity index (χ2n) is 6.38. The van der Waals surface area contributed by atoms with Gasteiger partial charge in [-0.2, -0.15) is 0 Å². The number of hydrogen-bond donors (Lipinski definition) is 0. The van der Waals surface area contributed by atoms with E-state index in [9.17, 15) is 13.6 Å². The molecule has 0 aromatic carbocycles. The predicted molar refractivity (Wildman–Crippen MR) is 71.7 cm³/mol. The third-order valence-electron chi connectivity index (χ3n) is 4.12. The third kappa shape index (κ3) is 3.14. The molecule has 0 aromatic rings. The van der Waals surface area contributed by atoms with E-state index in [4.69, 9.17) is 14.0 Å². The van der Waals surface area contributed by atoms with Crippen LogP contribution in [0.5, 0.6) is 0 Å². The van der Waals surface area contributed by atoms with Gasteiger partial charge in [-0.1, -0.05) is 6.92 Å². The fourth-order valence-electron chi connectivity index (χ4n) is 1.90. The molecule has 1 rings (SSSR count). The quantitative estimate of drug-likeness (QED) is 0.577. The topological polar surface area (TPSA) is 44.8 Å². The molecule has 4 nitrogen and oxygen atoms in total. The Morgan fingerprint density at radius 1 is 1.25 bits per heavy atom. The van der Waals surface area contributed by atoms with Gasteiger partial charge < -0.3 is 14.0 Å². The number of hydrogen-bond acceptors (Lipinski definition) is 4. The maximum atomic E-state index is 13.5. The highest BCUT2D eigenvalue weighted by molar-refractivity contribution is 6.50. The normalized spacial score (nSPS) is 23.8. The Morgan fingerprint density at radius 2 is 1.70 bits per heavy atom. The van der Waals surface area contributed by atoms with Crippen molar-refractivity contribution in [2.24, 2.45) is 0 Å². The molecule has 0 bridgehead atoms. The van der Waals surface area contributed by atoms with E-state index in [0.29, 0.717) is 0 Å². The van der Waals surface area contributed by atoms with Gasteiger partial charge in [0.1, 0.15) is 0 Å². The average Bonchev–Trinajstić information content (AvgIpc) is 2.48. The molecule has 116 valence electrons. The minimum absolute atomic E-state index is 0.154. The Balaban J connectivity index is 2.96. The lowest BCUT2D eigenvalue weighted by molar-refractivity contribution is -0.145. The summed E-state index contributed by atoms with van der Waals surface area (Å²) >= 11 is 0. The lowest BCUT2D eigenvalue weighted by atomic mass is 9.57. The van der Waals surface area contributed by atoms with E-state index in [1.807, 2.05) is 0 Å². The van der Waals surface area contributed by atoms with E-state index in [2.05, 4.69) is 0 Å². The first kappa shape index (κ1) is 17.4. The van der Waals surface area contributed by atoms with Gasteiger partial charge in [-0.05, 0) is 34.6 Å². The number of carbonyl (C=O) groups excluding carboxylic acids is 1. The van der Waals surface area contributed by atoms with Crippen LogP contribution in [0.4, 0.5) is 8.78 Å². The summed E-state index contributed by atoms with van der Waals surface area (Å²) in [5.41, 5.74) is -1.44. The van der Waals surface area contributed by atoms with Crippen molar-refractivity contribution < 1.29 is 27.6 Å². The van der Waals surface area contributed by atoms with Crippen molar-refractivity contribution in [2.45, 2.75) is 70.9 Å². The van der Waals surface area contributed by atoms with Gasteiger partial charge in [0.15, 0.2) is 0 Å². The Labute approximate surface area is 119 Å². The molecule has 7 heteroatoms. The van der Waals surface area contributed by atoms with E-state index >= 15 is 0 Å². The first-order chi connectivity index (χ1) is 8.96. The van der Waals surface area contributed by atoms with Crippen LogP contribution in [-0.4, -0.2) is 37.3 Å². The molecule has 1 atom stereocenters. The van der Waals surface area contributed by atoms with Gasteiger partial charge in [0.2, 0.25) is 6.43 Å². The molecule has 20 heavy (non-hydrogen) atoms. The van der Waals surface area contributed by atoms with E-state index in [1.54, 1.807) is 34.6 Å². The number of esters is 1. The van der Waals surface area contributed by atoms with Crippen molar-refractivity contribution in [1.82, 2.24) is 0 Å². The highest BCUT2D eigenvalue weighted by atomic mass is 19.3. The monoisotopic (exact) mass is 292 g/mol. The van der Waals surface area contributed by atoms with Crippen LogP contribution in [0.3, 0.4) is 0 Å². The predicted octanol–water partition coefficient (Wildman–Crippen LogP) is 3.06. The molecule has 0 aromatic heterocycles. The lowest BCUT2D eigenvalue weighted by Gasteiger charge is -2.32. The maximum Gasteiger partial charge on any atom is 0.470 e. The van der Waals surface area contributed by atoms with Crippen molar-refractivity contribution in [2.75, 3.05) is 6.61 Å². The number of carbonyl (C=O) groups is 1. The summed E-state index contributed by atoms with van der Waals surface area (Å²) in [5.74, 6) is -0.676. The smallest absolute Gasteiger partial charge is 0.466 e. The zero-order valence-electron chi connectivity index (χ0n) is 13.0. The second-order valence-corrected chi connectivity index (χ2v) is 6.38. The molecule has 1 saturated heterocycles. The zero-order valence-corrected chi connectivity index (χ0v) is 13.0. The van der Waals surface area contributed by atoms with Gasteiger partial charge in [0.25, 0.3) is 0 Å². The van der Waals surface area contributed by atoms with Crippen LogP contribution < -0.4 is 0 Å². The van der Waals surface area contributed by atoms with Crippen LogP contribution in [0.1, 0.15) is 48.0 Å². The lowest BCUT2D eigenvalue weighted by Crippen LogP contribution is -2.41. The first-order valence-electron chi connectivity index (χ1n) is 6.75. The fraction of sp³-hybridized carbons (Fsp3) is 0.923. The molecule has 1 aliphatic rings. The molecule has 1 unspecified atom stereocenters.